The summed E-state index contributed by atoms with van der Waals surface area (Å²) in [6, 6.07) is 0. The molecule has 1 aromatic rings. The summed E-state index contributed by atoms with van der Waals surface area (Å²) in [5.74, 6) is -1.06. The third-order valence-corrected chi connectivity index (χ3v) is 4.30. The number of nitrogens with zero attached hydrogens (tertiary/aromatic N) is 1. The monoisotopic (exact) mass is 298 g/mol. The number of aryl methyl sites for hydroxylation is 1. The fraction of sp³-hybridized carbons (Fsp3) is 0.615. The molecule has 1 saturated heterocycles. The van der Waals surface area contributed by atoms with Crippen molar-refractivity contribution in [2.45, 2.75) is 45.3 Å². The maximum Gasteiger partial charge on any atom is 0.347 e. The molecule has 2 N–H and O–H groups in total. The summed E-state index contributed by atoms with van der Waals surface area (Å²) in [7, 11) is 0. The molecular weight excluding hydrogens is 280 g/mol. The van der Waals surface area contributed by atoms with E-state index in [0.717, 1.165) is 37.2 Å². The van der Waals surface area contributed by atoms with E-state index in [-0.39, 0.29) is 23.4 Å². The van der Waals surface area contributed by atoms with Crippen LogP contribution in [0.25, 0.3) is 0 Å². The second kappa shape index (κ2) is 6.81. The maximum atomic E-state index is 11.8. The third kappa shape index (κ3) is 4.01. The van der Waals surface area contributed by atoms with E-state index in [1.54, 1.807) is 6.92 Å². The zero-order valence-corrected chi connectivity index (χ0v) is 12.2. The first-order chi connectivity index (χ1) is 9.56. The molecule has 1 aromatic heterocycles. The normalized spacial score (nSPS) is 18.8. The summed E-state index contributed by atoms with van der Waals surface area (Å²) in [6.45, 7) is 2.65. The number of amides is 1. The van der Waals surface area contributed by atoms with Crippen molar-refractivity contribution in [1.29, 1.82) is 0 Å². The fourth-order valence-corrected chi connectivity index (χ4v) is 2.99. The molecule has 1 atom stereocenters. The molecule has 0 bridgehead atoms. The summed E-state index contributed by atoms with van der Waals surface area (Å²) >= 11 is 1.10. The van der Waals surface area contributed by atoms with Gasteiger partial charge in [-0.15, -0.1) is 11.3 Å². The number of rotatable bonds is 5. The van der Waals surface area contributed by atoms with Gasteiger partial charge in [0.1, 0.15) is 9.88 Å². The summed E-state index contributed by atoms with van der Waals surface area (Å²) in [5.41, 5.74) is 0.488. The van der Waals surface area contributed by atoms with Crippen molar-refractivity contribution >= 4 is 23.2 Å². The van der Waals surface area contributed by atoms with Crippen LogP contribution in [-0.4, -0.2) is 34.7 Å². The van der Waals surface area contributed by atoms with Gasteiger partial charge in [-0.2, -0.15) is 0 Å². The van der Waals surface area contributed by atoms with Crippen LogP contribution in [0.5, 0.6) is 0 Å². The number of carboxylic acids is 1. The van der Waals surface area contributed by atoms with E-state index in [2.05, 4.69) is 10.3 Å². The Morgan fingerprint density at radius 3 is 2.90 bits per heavy atom. The SMILES string of the molecule is Cc1nc(CNC(=O)CC2CCCCO2)sc1C(=O)O. The Labute approximate surface area is 121 Å². The molecule has 110 valence electrons. The summed E-state index contributed by atoms with van der Waals surface area (Å²) in [4.78, 5) is 27.1. The third-order valence-electron chi connectivity index (χ3n) is 3.16. The van der Waals surface area contributed by atoms with Crippen LogP contribution in [-0.2, 0) is 16.1 Å². The Bertz CT molecular complexity index is 495. The highest BCUT2D eigenvalue weighted by Crippen LogP contribution is 2.18. The molecule has 1 amide bonds. The second-order valence-electron chi connectivity index (χ2n) is 4.80. The van der Waals surface area contributed by atoms with Crippen LogP contribution in [0.2, 0.25) is 0 Å². The van der Waals surface area contributed by atoms with Crippen molar-refractivity contribution in [2.24, 2.45) is 0 Å². The maximum absolute atomic E-state index is 11.8. The van der Waals surface area contributed by atoms with E-state index in [1.807, 2.05) is 0 Å². The number of ether oxygens (including phenoxy) is 1. The quantitative estimate of drug-likeness (QED) is 0.864. The highest BCUT2D eigenvalue weighted by molar-refractivity contribution is 7.13. The zero-order valence-electron chi connectivity index (χ0n) is 11.3. The van der Waals surface area contributed by atoms with Crippen LogP contribution >= 0.6 is 11.3 Å². The van der Waals surface area contributed by atoms with E-state index in [4.69, 9.17) is 9.84 Å². The average Bonchev–Trinajstić information content (AvgIpc) is 2.79. The lowest BCUT2D eigenvalue weighted by Crippen LogP contribution is -2.30. The van der Waals surface area contributed by atoms with Crippen LogP contribution in [0, 0.1) is 6.92 Å². The number of aromatic carboxylic acids is 1. The number of hydrogen-bond donors (Lipinski definition) is 2. The Morgan fingerprint density at radius 2 is 2.30 bits per heavy atom. The Kier molecular flexibility index (Phi) is 5.08. The molecule has 2 heterocycles. The summed E-state index contributed by atoms with van der Waals surface area (Å²) in [6.07, 6.45) is 3.46. The van der Waals surface area contributed by atoms with Crippen LogP contribution in [0.15, 0.2) is 0 Å². The Morgan fingerprint density at radius 1 is 1.50 bits per heavy atom. The molecule has 7 heteroatoms. The van der Waals surface area contributed by atoms with E-state index < -0.39 is 5.97 Å². The molecule has 0 saturated carbocycles. The van der Waals surface area contributed by atoms with E-state index >= 15 is 0 Å². The highest BCUT2D eigenvalue weighted by atomic mass is 32.1. The lowest BCUT2D eigenvalue weighted by Gasteiger charge is -2.21. The number of carboxylic acid groups (broad SMARTS) is 1. The van der Waals surface area contributed by atoms with Crippen molar-refractivity contribution < 1.29 is 19.4 Å². The van der Waals surface area contributed by atoms with Gasteiger partial charge in [-0.25, -0.2) is 9.78 Å². The largest absolute Gasteiger partial charge is 0.477 e. The fourth-order valence-electron chi connectivity index (χ4n) is 2.15. The van der Waals surface area contributed by atoms with Crippen molar-refractivity contribution in [3.05, 3.63) is 15.6 Å². The molecule has 0 spiro atoms. The van der Waals surface area contributed by atoms with Crippen LogP contribution in [0.3, 0.4) is 0 Å². The number of carbonyl (C=O) groups is 2. The molecule has 1 unspecified atom stereocenters. The van der Waals surface area contributed by atoms with E-state index in [9.17, 15) is 9.59 Å². The molecule has 2 rings (SSSR count). The van der Waals surface area contributed by atoms with E-state index in [0.29, 0.717) is 17.1 Å². The zero-order chi connectivity index (χ0) is 14.5. The Balaban J connectivity index is 1.80. The topological polar surface area (TPSA) is 88.5 Å². The van der Waals surface area contributed by atoms with Gasteiger partial charge in [-0.1, -0.05) is 0 Å². The van der Waals surface area contributed by atoms with Gasteiger partial charge in [0.2, 0.25) is 5.91 Å². The summed E-state index contributed by atoms with van der Waals surface area (Å²) in [5, 5.41) is 12.3. The number of hydrogen-bond acceptors (Lipinski definition) is 5. The smallest absolute Gasteiger partial charge is 0.347 e. The predicted octanol–water partition coefficient (Wildman–Crippen LogP) is 1.73. The van der Waals surface area contributed by atoms with Crippen molar-refractivity contribution in [3.63, 3.8) is 0 Å². The number of carbonyl (C=O) groups excluding carboxylic acids is 1. The summed E-state index contributed by atoms with van der Waals surface area (Å²) < 4.78 is 5.50. The van der Waals surface area contributed by atoms with Crippen molar-refractivity contribution in [2.75, 3.05) is 6.61 Å². The van der Waals surface area contributed by atoms with Gasteiger partial charge >= 0.3 is 5.97 Å². The molecule has 0 radical (unpaired) electrons. The first kappa shape index (κ1) is 14.9. The lowest BCUT2D eigenvalue weighted by molar-refractivity contribution is -0.125. The molecule has 0 aliphatic carbocycles. The number of aromatic nitrogens is 1. The molecular formula is C13H18N2O4S. The molecule has 1 aliphatic rings. The van der Waals surface area contributed by atoms with Crippen LogP contribution in [0.1, 0.15) is 46.1 Å². The molecule has 1 fully saturated rings. The van der Waals surface area contributed by atoms with Gasteiger partial charge in [0.05, 0.1) is 24.8 Å². The molecule has 6 nitrogen and oxygen atoms in total. The van der Waals surface area contributed by atoms with E-state index in [1.165, 1.54) is 0 Å². The molecule has 1 aliphatic heterocycles. The van der Waals surface area contributed by atoms with Crippen LogP contribution in [0.4, 0.5) is 0 Å². The van der Waals surface area contributed by atoms with Gasteiger partial charge in [0.25, 0.3) is 0 Å². The average molecular weight is 298 g/mol. The predicted molar refractivity (Wildman–Crippen MR) is 73.9 cm³/mol. The van der Waals surface area contributed by atoms with Gasteiger partial charge < -0.3 is 15.2 Å². The van der Waals surface area contributed by atoms with Gasteiger partial charge in [0.15, 0.2) is 0 Å². The molecule has 0 aromatic carbocycles. The highest BCUT2D eigenvalue weighted by Gasteiger charge is 2.18. The second-order valence-corrected chi connectivity index (χ2v) is 5.88. The van der Waals surface area contributed by atoms with Gasteiger partial charge in [-0.05, 0) is 26.2 Å². The lowest BCUT2D eigenvalue weighted by atomic mass is 10.1. The van der Waals surface area contributed by atoms with Gasteiger partial charge in [-0.3, -0.25) is 4.79 Å². The minimum atomic E-state index is -0.979. The number of thiazole rings is 1. The standard InChI is InChI=1S/C13H18N2O4S/c1-8-12(13(17)18)20-11(15-8)7-14-10(16)6-9-4-2-3-5-19-9/h9H,2-7H2,1H3,(H,14,16)(H,17,18). The first-order valence-electron chi connectivity index (χ1n) is 6.64. The molecule has 20 heavy (non-hydrogen) atoms. The Hall–Kier alpha value is -1.47. The number of nitrogens with one attached hydrogen (secondary N) is 1. The van der Waals surface area contributed by atoms with Crippen molar-refractivity contribution in [1.82, 2.24) is 10.3 Å². The van der Waals surface area contributed by atoms with Crippen LogP contribution < -0.4 is 5.32 Å². The minimum Gasteiger partial charge on any atom is -0.477 e. The van der Waals surface area contributed by atoms with Crippen molar-refractivity contribution in [3.8, 4) is 0 Å². The first-order valence-corrected chi connectivity index (χ1v) is 7.46. The van der Waals surface area contributed by atoms with Gasteiger partial charge in [0, 0.05) is 6.61 Å². The minimum absolute atomic E-state index is 0.0105.